The standard InChI is InChI=1S/C20H19N3O3/c1-14-11-19(25)18(13-24)22-23(14)12-20(26)21-17-10-6-5-9-16(17)15-7-3-2-4-8-15/h2-11,24H,12-13H2,1H3,(H,21,26). The first-order valence-corrected chi connectivity index (χ1v) is 8.21. The first-order valence-electron chi connectivity index (χ1n) is 8.21. The molecule has 3 aromatic rings. The van der Waals surface area contributed by atoms with Crippen LogP contribution in [0.25, 0.3) is 11.1 Å². The molecule has 0 aliphatic rings. The summed E-state index contributed by atoms with van der Waals surface area (Å²) < 4.78 is 1.41. The molecule has 0 fully saturated rings. The summed E-state index contributed by atoms with van der Waals surface area (Å²) in [4.78, 5) is 24.2. The van der Waals surface area contributed by atoms with E-state index in [2.05, 4.69) is 10.4 Å². The van der Waals surface area contributed by atoms with Crippen LogP contribution in [-0.2, 0) is 17.9 Å². The van der Waals surface area contributed by atoms with Crippen LogP contribution in [0.3, 0.4) is 0 Å². The molecule has 0 aliphatic heterocycles. The number of aromatic nitrogens is 2. The van der Waals surface area contributed by atoms with Gasteiger partial charge in [0.25, 0.3) is 0 Å². The van der Waals surface area contributed by atoms with E-state index >= 15 is 0 Å². The number of para-hydroxylation sites is 1. The fourth-order valence-electron chi connectivity index (χ4n) is 2.68. The summed E-state index contributed by atoms with van der Waals surface area (Å²) in [7, 11) is 0. The first kappa shape index (κ1) is 17.6. The van der Waals surface area contributed by atoms with E-state index in [9.17, 15) is 14.7 Å². The summed E-state index contributed by atoms with van der Waals surface area (Å²) in [5, 5.41) is 16.1. The molecule has 0 spiro atoms. The molecule has 3 rings (SSSR count). The van der Waals surface area contributed by atoms with Crippen molar-refractivity contribution in [2.24, 2.45) is 0 Å². The number of aryl methyl sites for hydroxylation is 1. The molecule has 132 valence electrons. The van der Waals surface area contributed by atoms with E-state index in [4.69, 9.17) is 0 Å². The Morgan fingerprint density at radius 1 is 1.12 bits per heavy atom. The smallest absolute Gasteiger partial charge is 0.246 e. The lowest BCUT2D eigenvalue weighted by atomic mass is 10.0. The maximum absolute atomic E-state index is 12.5. The largest absolute Gasteiger partial charge is 0.390 e. The Bertz CT molecular complexity index is 981. The van der Waals surface area contributed by atoms with Crippen LogP contribution in [0.1, 0.15) is 11.4 Å². The van der Waals surface area contributed by atoms with Crippen LogP contribution in [0.5, 0.6) is 0 Å². The normalized spacial score (nSPS) is 10.5. The van der Waals surface area contributed by atoms with Gasteiger partial charge in [-0.25, -0.2) is 0 Å². The van der Waals surface area contributed by atoms with Gasteiger partial charge < -0.3 is 10.4 Å². The SMILES string of the molecule is Cc1cc(=O)c(CO)nn1CC(=O)Nc1ccccc1-c1ccccc1. The maximum atomic E-state index is 12.5. The predicted molar refractivity (Wildman–Crippen MR) is 99.7 cm³/mol. The van der Waals surface area contributed by atoms with Crippen molar-refractivity contribution in [2.75, 3.05) is 5.32 Å². The molecule has 1 aromatic heterocycles. The molecule has 0 saturated carbocycles. The highest BCUT2D eigenvalue weighted by Crippen LogP contribution is 2.27. The summed E-state index contributed by atoms with van der Waals surface area (Å²) in [6.07, 6.45) is 0. The quantitative estimate of drug-likeness (QED) is 0.740. The first-order chi connectivity index (χ1) is 12.6. The Labute approximate surface area is 150 Å². The molecule has 6 nitrogen and oxygen atoms in total. The Morgan fingerprint density at radius 2 is 1.81 bits per heavy atom. The van der Waals surface area contributed by atoms with E-state index in [0.29, 0.717) is 11.4 Å². The molecule has 0 atom stereocenters. The van der Waals surface area contributed by atoms with Crippen LogP contribution in [-0.4, -0.2) is 20.8 Å². The molecule has 26 heavy (non-hydrogen) atoms. The van der Waals surface area contributed by atoms with E-state index < -0.39 is 6.61 Å². The topological polar surface area (TPSA) is 84.2 Å². The molecule has 0 radical (unpaired) electrons. The molecule has 1 heterocycles. The molecule has 1 amide bonds. The Hall–Kier alpha value is -3.25. The minimum Gasteiger partial charge on any atom is -0.390 e. The van der Waals surface area contributed by atoms with Gasteiger partial charge in [0.2, 0.25) is 11.3 Å². The lowest BCUT2D eigenvalue weighted by Gasteiger charge is -2.13. The molecule has 0 aliphatic carbocycles. The molecule has 0 bridgehead atoms. The molecule has 2 aromatic carbocycles. The molecule has 0 unspecified atom stereocenters. The number of aliphatic hydroxyl groups is 1. The summed E-state index contributed by atoms with van der Waals surface area (Å²) in [6, 6.07) is 18.7. The lowest BCUT2D eigenvalue weighted by Crippen LogP contribution is -2.26. The van der Waals surface area contributed by atoms with Gasteiger partial charge in [-0.15, -0.1) is 0 Å². The van der Waals surface area contributed by atoms with Gasteiger partial charge in [-0.05, 0) is 18.6 Å². The highest BCUT2D eigenvalue weighted by molar-refractivity contribution is 5.95. The second-order valence-corrected chi connectivity index (χ2v) is 5.87. The Kier molecular flexibility index (Phi) is 5.24. The van der Waals surface area contributed by atoms with E-state index in [1.165, 1.54) is 10.7 Å². The Balaban J connectivity index is 1.83. The third-order valence-corrected chi connectivity index (χ3v) is 4.00. The summed E-state index contributed by atoms with van der Waals surface area (Å²) >= 11 is 0. The van der Waals surface area contributed by atoms with Crippen molar-refractivity contribution in [3.63, 3.8) is 0 Å². The van der Waals surface area contributed by atoms with Crippen molar-refractivity contribution >= 4 is 11.6 Å². The van der Waals surface area contributed by atoms with Crippen molar-refractivity contribution in [3.05, 3.63) is 82.3 Å². The van der Waals surface area contributed by atoms with Crippen LogP contribution >= 0.6 is 0 Å². The maximum Gasteiger partial charge on any atom is 0.246 e. The molecular weight excluding hydrogens is 330 g/mol. The van der Waals surface area contributed by atoms with E-state index in [-0.39, 0.29) is 23.6 Å². The zero-order valence-electron chi connectivity index (χ0n) is 14.3. The zero-order valence-corrected chi connectivity index (χ0v) is 14.3. The number of carbonyl (C=O) groups excluding carboxylic acids is 1. The number of hydrogen-bond donors (Lipinski definition) is 2. The van der Waals surface area contributed by atoms with Crippen molar-refractivity contribution in [2.45, 2.75) is 20.1 Å². The van der Waals surface area contributed by atoms with E-state index in [1.54, 1.807) is 6.92 Å². The molecule has 0 saturated heterocycles. The van der Waals surface area contributed by atoms with Gasteiger partial charge in [-0.2, -0.15) is 5.10 Å². The molecule has 6 heteroatoms. The number of anilines is 1. The zero-order chi connectivity index (χ0) is 18.5. The molecular formula is C20H19N3O3. The average Bonchev–Trinajstić information content (AvgIpc) is 2.65. The van der Waals surface area contributed by atoms with Gasteiger partial charge in [-0.3, -0.25) is 14.3 Å². The second kappa shape index (κ2) is 7.76. The van der Waals surface area contributed by atoms with Gasteiger partial charge in [-0.1, -0.05) is 48.5 Å². The molecule has 2 N–H and O–H groups in total. The number of benzene rings is 2. The number of carbonyl (C=O) groups is 1. The van der Waals surface area contributed by atoms with Crippen LogP contribution in [0.4, 0.5) is 5.69 Å². The Morgan fingerprint density at radius 3 is 2.54 bits per heavy atom. The van der Waals surface area contributed by atoms with Crippen molar-refractivity contribution in [1.82, 2.24) is 9.78 Å². The van der Waals surface area contributed by atoms with Crippen molar-refractivity contribution in [1.29, 1.82) is 0 Å². The van der Waals surface area contributed by atoms with Gasteiger partial charge in [0, 0.05) is 23.0 Å². The summed E-state index contributed by atoms with van der Waals surface area (Å²) in [5.74, 6) is -0.267. The highest BCUT2D eigenvalue weighted by Gasteiger charge is 2.11. The fourth-order valence-corrected chi connectivity index (χ4v) is 2.68. The van der Waals surface area contributed by atoms with Crippen LogP contribution in [0, 0.1) is 6.92 Å². The van der Waals surface area contributed by atoms with Gasteiger partial charge in [0.05, 0.1) is 6.61 Å². The van der Waals surface area contributed by atoms with Crippen LogP contribution in [0.15, 0.2) is 65.5 Å². The number of amides is 1. The van der Waals surface area contributed by atoms with Gasteiger partial charge in [0.1, 0.15) is 12.2 Å². The lowest BCUT2D eigenvalue weighted by molar-refractivity contribution is -0.117. The highest BCUT2D eigenvalue weighted by atomic mass is 16.3. The number of nitrogens with zero attached hydrogens (tertiary/aromatic N) is 2. The minimum absolute atomic E-state index is 0.0214. The van der Waals surface area contributed by atoms with Crippen molar-refractivity contribution in [3.8, 4) is 11.1 Å². The fraction of sp³-hybridized carbons (Fsp3) is 0.150. The van der Waals surface area contributed by atoms with E-state index in [0.717, 1.165) is 11.1 Å². The van der Waals surface area contributed by atoms with Gasteiger partial charge >= 0.3 is 0 Å². The number of rotatable bonds is 5. The number of hydrogen-bond acceptors (Lipinski definition) is 4. The predicted octanol–water partition coefficient (Wildman–Crippen LogP) is 2.35. The third kappa shape index (κ3) is 3.87. The minimum atomic E-state index is -0.461. The third-order valence-electron chi connectivity index (χ3n) is 4.00. The second-order valence-electron chi connectivity index (χ2n) is 5.87. The van der Waals surface area contributed by atoms with Gasteiger partial charge in [0.15, 0.2) is 0 Å². The van der Waals surface area contributed by atoms with Crippen LogP contribution in [0.2, 0.25) is 0 Å². The summed E-state index contributed by atoms with van der Waals surface area (Å²) in [5.41, 5.74) is 2.86. The summed E-state index contributed by atoms with van der Waals surface area (Å²) in [6.45, 7) is 1.18. The number of nitrogens with one attached hydrogen (secondary N) is 1. The monoisotopic (exact) mass is 349 g/mol. The van der Waals surface area contributed by atoms with Crippen molar-refractivity contribution < 1.29 is 9.90 Å². The number of aliphatic hydroxyl groups excluding tert-OH is 1. The average molecular weight is 349 g/mol. The van der Waals surface area contributed by atoms with E-state index in [1.807, 2.05) is 54.6 Å². The van der Waals surface area contributed by atoms with Crippen LogP contribution < -0.4 is 10.7 Å².